The number of benzene rings is 1. The third-order valence-corrected chi connectivity index (χ3v) is 3.05. The molecule has 7 heteroatoms. The second-order valence-electron chi connectivity index (χ2n) is 3.87. The van der Waals surface area contributed by atoms with Crippen LogP contribution in [-0.2, 0) is 10.0 Å². The molecule has 0 bridgehead atoms. The number of nitrogen functional groups attached to an aromatic ring is 1. The van der Waals surface area contributed by atoms with Gasteiger partial charge in [0.05, 0.1) is 24.7 Å². The molecule has 0 radical (unpaired) electrons. The number of sulfonamides is 1. The van der Waals surface area contributed by atoms with Crippen LogP contribution in [0.15, 0.2) is 18.2 Å². The molecule has 0 unspecified atom stereocenters. The molecule has 6 nitrogen and oxygen atoms in total. The van der Waals surface area contributed by atoms with Gasteiger partial charge in [0.15, 0.2) is 0 Å². The van der Waals surface area contributed by atoms with Gasteiger partial charge in [-0.3, -0.25) is 0 Å². The largest absolute Gasteiger partial charge is 0.495 e. The van der Waals surface area contributed by atoms with Crippen LogP contribution in [0, 0.1) is 0 Å². The lowest BCUT2D eigenvalue weighted by atomic mass is 10.2. The summed E-state index contributed by atoms with van der Waals surface area (Å²) in [6.07, 6.45) is 1.81. The summed E-state index contributed by atoms with van der Waals surface area (Å²) in [4.78, 5) is 0. The Labute approximate surface area is 108 Å². The third-order valence-electron chi connectivity index (χ3n) is 2.32. The number of anilines is 2. The lowest BCUT2D eigenvalue weighted by molar-refractivity contribution is 0.417. The average molecular weight is 273 g/mol. The van der Waals surface area contributed by atoms with E-state index in [9.17, 15) is 8.42 Å². The van der Waals surface area contributed by atoms with Crippen LogP contribution in [0.4, 0.5) is 11.4 Å². The van der Waals surface area contributed by atoms with E-state index in [0.29, 0.717) is 30.9 Å². The Balaban J connectivity index is 2.40. The van der Waals surface area contributed by atoms with Crippen molar-refractivity contribution in [1.82, 2.24) is 4.72 Å². The van der Waals surface area contributed by atoms with Gasteiger partial charge in [0.2, 0.25) is 10.0 Å². The van der Waals surface area contributed by atoms with Gasteiger partial charge < -0.3 is 15.8 Å². The Bertz CT molecular complexity index is 488. The molecule has 1 aromatic rings. The normalized spacial score (nSPS) is 11.2. The van der Waals surface area contributed by atoms with E-state index >= 15 is 0 Å². The zero-order chi connectivity index (χ0) is 13.6. The summed E-state index contributed by atoms with van der Waals surface area (Å²) < 4.78 is 29.2. The molecule has 0 spiro atoms. The van der Waals surface area contributed by atoms with E-state index in [1.54, 1.807) is 13.2 Å². The zero-order valence-electron chi connectivity index (χ0n) is 10.6. The monoisotopic (exact) mass is 273 g/mol. The number of para-hydroxylation sites is 1. The zero-order valence-corrected chi connectivity index (χ0v) is 11.4. The van der Waals surface area contributed by atoms with E-state index in [4.69, 9.17) is 10.5 Å². The SMILES string of the molecule is COc1cccc(NCCCNS(C)(=O)=O)c1N. The third kappa shape index (κ3) is 4.80. The highest BCUT2D eigenvalue weighted by Gasteiger charge is 2.04. The van der Waals surface area contributed by atoms with Crippen LogP contribution in [0.3, 0.4) is 0 Å². The summed E-state index contributed by atoms with van der Waals surface area (Å²) in [6, 6.07) is 5.47. The van der Waals surface area contributed by atoms with Crippen LogP contribution < -0.4 is 20.5 Å². The molecule has 0 aliphatic rings. The maximum absolute atomic E-state index is 10.8. The van der Waals surface area contributed by atoms with Crippen LogP contribution in [0.1, 0.15) is 6.42 Å². The molecule has 0 atom stereocenters. The molecule has 4 N–H and O–H groups in total. The molecule has 0 saturated carbocycles. The van der Waals surface area contributed by atoms with E-state index in [1.807, 2.05) is 12.1 Å². The van der Waals surface area contributed by atoms with Gasteiger partial charge in [-0.25, -0.2) is 13.1 Å². The fourth-order valence-corrected chi connectivity index (χ4v) is 1.96. The fourth-order valence-electron chi connectivity index (χ4n) is 1.45. The van der Waals surface area contributed by atoms with Gasteiger partial charge in [0.1, 0.15) is 5.75 Å². The van der Waals surface area contributed by atoms with Crippen molar-refractivity contribution in [3.05, 3.63) is 18.2 Å². The number of hydrogen-bond acceptors (Lipinski definition) is 5. The minimum atomic E-state index is -3.11. The van der Waals surface area contributed by atoms with Crippen LogP contribution in [0.2, 0.25) is 0 Å². The molecule has 0 heterocycles. The predicted molar refractivity (Wildman–Crippen MR) is 73.4 cm³/mol. The first-order chi connectivity index (χ1) is 8.44. The molecule has 0 saturated heterocycles. The highest BCUT2D eigenvalue weighted by Crippen LogP contribution is 2.28. The van der Waals surface area contributed by atoms with Crippen LogP contribution in [-0.4, -0.2) is 34.9 Å². The van der Waals surface area contributed by atoms with Gasteiger partial charge in [-0.05, 0) is 18.6 Å². The van der Waals surface area contributed by atoms with Crippen molar-refractivity contribution in [2.45, 2.75) is 6.42 Å². The van der Waals surface area contributed by atoms with E-state index in [2.05, 4.69) is 10.0 Å². The summed E-state index contributed by atoms with van der Waals surface area (Å²) in [5.74, 6) is 0.620. The quantitative estimate of drug-likeness (QED) is 0.500. The maximum Gasteiger partial charge on any atom is 0.208 e. The molecule has 0 aromatic heterocycles. The number of nitrogens with two attached hydrogens (primary N) is 1. The molecule has 0 amide bonds. The standard InChI is InChI=1S/C11H19N3O3S/c1-17-10-6-3-5-9(11(10)12)13-7-4-8-14-18(2,15)16/h3,5-6,13-14H,4,7-8,12H2,1-2H3. The van der Waals surface area contributed by atoms with Crippen LogP contribution >= 0.6 is 0 Å². The molecule has 1 aromatic carbocycles. The smallest absolute Gasteiger partial charge is 0.208 e. The summed E-state index contributed by atoms with van der Waals surface area (Å²) in [6.45, 7) is 1.02. The minimum absolute atomic E-state index is 0.399. The Morgan fingerprint density at radius 1 is 1.33 bits per heavy atom. The van der Waals surface area contributed by atoms with Gasteiger partial charge in [-0.15, -0.1) is 0 Å². The molecule has 18 heavy (non-hydrogen) atoms. The highest BCUT2D eigenvalue weighted by molar-refractivity contribution is 7.88. The van der Waals surface area contributed by atoms with Crippen molar-refractivity contribution in [1.29, 1.82) is 0 Å². The van der Waals surface area contributed by atoms with Crippen LogP contribution in [0.5, 0.6) is 5.75 Å². The minimum Gasteiger partial charge on any atom is -0.495 e. The van der Waals surface area contributed by atoms with Crippen LogP contribution in [0.25, 0.3) is 0 Å². The highest BCUT2D eigenvalue weighted by atomic mass is 32.2. The summed E-state index contributed by atoms with van der Waals surface area (Å²) in [7, 11) is -1.55. The Kier molecular flexibility index (Phi) is 5.24. The van der Waals surface area contributed by atoms with E-state index in [-0.39, 0.29) is 0 Å². The van der Waals surface area contributed by atoms with E-state index in [0.717, 1.165) is 11.9 Å². The molecule has 1 rings (SSSR count). The van der Waals surface area contributed by atoms with Crippen molar-refractivity contribution < 1.29 is 13.2 Å². The maximum atomic E-state index is 10.8. The molecular formula is C11H19N3O3S. The number of methoxy groups -OCH3 is 1. The van der Waals surface area contributed by atoms with Crippen molar-refractivity contribution in [2.75, 3.05) is 37.5 Å². The van der Waals surface area contributed by atoms with Crippen molar-refractivity contribution in [3.63, 3.8) is 0 Å². The number of rotatable bonds is 7. The number of nitrogens with one attached hydrogen (secondary N) is 2. The molecule has 0 fully saturated rings. The molecule has 0 aliphatic carbocycles. The first kappa shape index (κ1) is 14.6. The van der Waals surface area contributed by atoms with Gasteiger partial charge in [0, 0.05) is 13.1 Å². The first-order valence-corrected chi connectivity index (χ1v) is 7.44. The molecule has 0 aliphatic heterocycles. The average Bonchev–Trinajstić information content (AvgIpc) is 2.29. The first-order valence-electron chi connectivity index (χ1n) is 5.55. The Morgan fingerprint density at radius 2 is 2.06 bits per heavy atom. The van der Waals surface area contributed by atoms with Gasteiger partial charge >= 0.3 is 0 Å². The Hall–Kier alpha value is -1.47. The summed E-state index contributed by atoms with van der Waals surface area (Å²) >= 11 is 0. The van der Waals surface area contributed by atoms with Crippen molar-refractivity contribution in [2.24, 2.45) is 0 Å². The summed E-state index contributed by atoms with van der Waals surface area (Å²) in [5.41, 5.74) is 7.22. The summed E-state index contributed by atoms with van der Waals surface area (Å²) in [5, 5.41) is 3.13. The van der Waals surface area contributed by atoms with Gasteiger partial charge in [0.25, 0.3) is 0 Å². The Morgan fingerprint density at radius 3 is 2.67 bits per heavy atom. The predicted octanol–water partition coefficient (Wildman–Crippen LogP) is 0.629. The topological polar surface area (TPSA) is 93.5 Å². The van der Waals surface area contributed by atoms with Gasteiger partial charge in [-0.2, -0.15) is 0 Å². The van der Waals surface area contributed by atoms with Crippen molar-refractivity contribution >= 4 is 21.4 Å². The second kappa shape index (κ2) is 6.46. The van der Waals surface area contributed by atoms with Gasteiger partial charge in [-0.1, -0.05) is 6.07 Å². The van der Waals surface area contributed by atoms with Crippen molar-refractivity contribution in [3.8, 4) is 5.75 Å². The molecule has 102 valence electrons. The number of hydrogen-bond donors (Lipinski definition) is 3. The van der Waals surface area contributed by atoms with E-state index in [1.165, 1.54) is 0 Å². The number of ether oxygens (including phenoxy) is 1. The second-order valence-corrected chi connectivity index (χ2v) is 5.70. The van der Waals surface area contributed by atoms with E-state index < -0.39 is 10.0 Å². The lowest BCUT2D eigenvalue weighted by Gasteiger charge is -2.12. The fraction of sp³-hybridized carbons (Fsp3) is 0.455. The molecular weight excluding hydrogens is 254 g/mol. The lowest BCUT2D eigenvalue weighted by Crippen LogP contribution is -2.24.